The lowest BCUT2D eigenvalue weighted by atomic mass is 10.2. The van der Waals surface area contributed by atoms with Gasteiger partial charge in [-0.25, -0.2) is 8.78 Å². The van der Waals surface area contributed by atoms with Crippen molar-refractivity contribution in [3.63, 3.8) is 0 Å². The molecule has 23 heavy (non-hydrogen) atoms. The number of sulfonamides is 1. The van der Waals surface area contributed by atoms with Gasteiger partial charge in [-0.1, -0.05) is 9.37 Å². The first-order valence-electron chi connectivity index (χ1n) is 6.84. The van der Waals surface area contributed by atoms with E-state index in [0.717, 1.165) is 12.1 Å². The maximum absolute atomic E-state index is 13.1. The van der Waals surface area contributed by atoms with Gasteiger partial charge in [0.25, 0.3) is 0 Å². The quantitative estimate of drug-likeness (QED) is 0.795. The summed E-state index contributed by atoms with van der Waals surface area (Å²) < 4.78 is 62.5. The summed E-state index contributed by atoms with van der Waals surface area (Å²) in [5.74, 6) is -1.59. The Balaban J connectivity index is 1.66. The highest BCUT2D eigenvalue weighted by Crippen LogP contribution is 2.32. The first-order chi connectivity index (χ1) is 10.8. The standard InChI is InChI=1S/C14H14F2N2O4S/c1-8-14(9(2)22-17-8)23(19,20)18-6-11(7-18)21-10-3-4-12(15)13(16)5-10/h3-5,11H,6-7H2,1-2H3. The summed E-state index contributed by atoms with van der Waals surface area (Å²) in [4.78, 5) is 0.0591. The number of aryl methyl sites for hydroxylation is 2. The molecule has 0 saturated carbocycles. The summed E-state index contributed by atoms with van der Waals surface area (Å²) in [6.45, 7) is 3.32. The van der Waals surface area contributed by atoms with Crippen molar-refractivity contribution in [2.45, 2.75) is 24.8 Å². The average molecular weight is 344 g/mol. The van der Waals surface area contributed by atoms with E-state index < -0.39 is 28.1 Å². The summed E-state index contributed by atoms with van der Waals surface area (Å²) in [6.07, 6.45) is -0.421. The van der Waals surface area contributed by atoms with Crippen molar-refractivity contribution in [1.29, 1.82) is 0 Å². The molecule has 3 rings (SSSR count). The Morgan fingerprint density at radius 3 is 2.61 bits per heavy atom. The maximum Gasteiger partial charge on any atom is 0.240 e. The number of halogens is 2. The van der Waals surface area contributed by atoms with E-state index in [-0.39, 0.29) is 29.5 Å². The molecule has 6 nitrogen and oxygen atoms in total. The van der Waals surface area contributed by atoms with Gasteiger partial charge in [0.2, 0.25) is 4.90 Å². The topological polar surface area (TPSA) is 78.6 Å². The summed E-state index contributed by atoms with van der Waals surface area (Å²) >= 11 is 0. The lowest BCUT2D eigenvalue weighted by Crippen LogP contribution is -2.58. The highest BCUT2D eigenvalue weighted by Gasteiger charge is 2.45. The van der Waals surface area contributed by atoms with Crippen LogP contribution in [0.1, 0.15) is 11.5 Å². The van der Waals surface area contributed by atoms with Crippen molar-refractivity contribution >= 4 is 10.4 Å². The fraction of sp³-hybridized carbons (Fsp3) is 0.357. The molecule has 0 bridgehead atoms. The van der Waals surface area contributed by atoms with Crippen molar-refractivity contribution in [2.75, 3.05) is 13.1 Å². The molecule has 1 atom stereocenters. The largest absolute Gasteiger partial charge is 0.593 e. The van der Waals surface area contributed by atoms with Crippen LogP contribution in [0.5, 0.6) is 5.75 Å². The third-order valence-corrected chi connectivity index (χ3v) is 5.65. The van der Waals surface area contributed by atoms with Crippen LogP contribution < -0.4 is 4.74 Å². The minimum atomic E-state index is -3.70. The minimum absolute atomic E-state index is 0.0591. The zero-order chi connectivity index (χ0) is 16.8. The SMILES string of the molecule is Cc1noc(C)c1[S+](=O)([O-])N1CC(Oc2ccc(F)c(F)c2)C1. The van der Waals surface area contributed by atoms with Crippen LogP contribution in [0.25, 0.3) is 0 Å². The van der Waals surface area contributed by atoms with Crippen LogP contribution in [0.2, 0.25) is 0 Å². The van der Waals surface area contributed by atoms with E-state index in [1.807, 2.05) is 0 Å². The first-order valence-corrected chi connectivity index (χ1v) is 8.28. The monoisotopic (exact) mass is 344 g/mol. The van der Waals surface area contributed by atoms with Crippen LogP contribution in [0.15, 0.2) is 27.6 Å². The molecule has 1 unspecified atom stereocenters. The molecular formula is C14H14F2N2O4S. The van der Waals surface area contributed by atoms with Crippen LogP contribution >= 0.6 is 0 Å². The number of ether oxygens (including phenoxy) is 1. The second-order valence-electron chi connectivity index (χ2n) is 5.29. The third-order valence-electron chi connectivity index (χ3n) is 3.57. The molecule has 2 aromatic rings. The molecule has 0 radical (unpaired) electrons. The summed E-state index contributed by atoms with van der Waals surface area (Å²) in [6, 6.07) is 3.19. The molecule has 1 fully saturated rings. The van der Waals surface area contributed by atoms with Crippen molar-refractivity contribution in [1.82, 2.24) is 9.46 Å². The maximum atomic E-state index is 13.1. The molecule has 124 valence electrons. The van der Waals surface area contributed by atoms with E-state index in [9.17, 15) is 17.5 Å². The Hall–Kier alpha value is -1.84. The summed E-state index contributed by atoms with van der Waals surface area (Å²) in [7, 11) is -3.70. The lowest BCUT2D eigenvalue weighted by Gasteiger charge is -2.39. The average Bonchev–Trinajstić information content (AvgIpc) is 2.77. The van der Waals surface area contributed by atoms with E-state index in [1.54, 1.807) is 6.92 Å². The lowest BCUT2D eigenvalue weighted by molar-refractivity contribution is 0.0698. The summed E-state index contributed by atoms with van der Waals surface area (Å²) in [5, 5.41) is 3.64. The van der Waals surface area contributed by atoms with Crippen molar-refractivity contribution in [2.24, 2.45) is 0 Å². The van der Waals surface area contributed by atoms with Crippen LogP contribution in [-0.2, 0) is 14.6 Å². The number of rotatable bonds is 4. The molecule has 0 amide bonds. The van der Waals surface area contributed by atoms with Gasteiger partial charge in [0.15, 0.2) is 27.8 Å². The predicted octanol–water partition coefficient (Wildman–Crippen LogP) is 2.24. The third kappa shape index (κ3) is 2.87. The van der Waals surface area contributed by atoms with E-state index in [2.05, 4.69) is 5.16 Å². The van der Waals surface area contributed by atoms with E-state index in [4.69, 9.17) is 9.26 Å². The first kappa shape index (κ1) is 16.0. The Labute approximate surface area is 132 Å². The van der Waals surface area contributed by atoms with Gasteiger partial charge in [-0.3, -0.25) is 0 Å². The van der Waals surface area contributed by atoms with Gasteiger partial charge in [0.05, 0.1) is 13.1 Å². The molecular weight excluding hydrogens is 330 g/mol. The molecule has 9 heteroatoms. The van der Waals surface area contributed by atoms with Gasteiger partial charge >= 0.3 is 0 Å². The molecule has 1 aromatic carbocycles. The van der Waals surface area contributed by atoms with Crippen LogP contribution in [0.3, 0.4) is 0 Å². The van der Waals surface area contributed by atoms with E-state index >= 15 is 0 Å². The van der Waals surface area contributed by atoms with Crippen LogP contribution in [0.4, 0.5) is 8.78 Å². The predicted molar refractivity (Wildman–Crippen MR) is 75.4 cm³/mol. The molecule has 0 aliphatic carbocycles. The zero-order valence-electron chi connectivity index (χ0n) is 12.4. The minimum Gasteiger partial charge on any atom is -0.593 e. The Kier molecular flexibility index (Phi) is 3.95. The second-order valence-corrected chi connectivity index (χ2v) is 7.17. The number of hydrogen-bond acceptors (Lipinski definition) is 5. The molecule has 1 aliphatic rings. The highest BCUT2D eigenvalue weighted by molar-refractivity contribution is 7.95. The number of nitrogens with zero attached hydrogens (tertiary/aromatic N) is 2. The second kappa shape index (κ2) is 5.66. The molecule has 1 aromatic heterocycles. The molecule has 0 N–H and O–H groups in total. The smallest absolute Gasteiger partial charge is 0.240 e. The molecule has 1 aliphatic heterocycles. The van der Waals surface area contributed by atoms with Gasteiger partial charge in [-0.2, -0.15) is 0 Å². The number of benzene rings is 1. The Morgan fingerprint density at radius 2 is 2.04 bits per heavy atom. The van der Waals surface area contributed by atoms with E-state index in [1.165, 1.54) is 17.3 Å². The van der Waals surface area contributed by atoms with Crippen LogP contribution in [-0.4, -0.2) is 33.2 Å². The van der Waals surface area contributed by atoms with Gasteiger partial charge in [-0.15, -0.1) is 4.31 Å². The summed E-state index contributed by atoms with van der Waals surface area (Å²) in [5.41, 5.74) is 0.299. The molecule has 0 spiro atoms. The van der Waals surface area contributed by atoms with Gasteiger partial charge in [0, 0.05) is 13.0 Å². The number of hydrogen-bond donors (Lipinski definition) is 0. The number of aromatic nitrogens is 1. The Bertz CT molecular complexity index is 770. The highest BCUT2D eigenvalue weighted by atomic mass is 32.3. The molecule has 1 saturated heterocycles. The van der Waals surface area contributed by atoms with E-state index in [0.29, 0.717) is 5.69 Å². The van der Waals surface area contributed by atoms with Crippen molar-refractivity contribution in [3.8, 4) is 5.75 Å². The Morgan fingerprint density at radius 1 is 1.35 bits per heavy atom. The fourth-order valence-electron chi connectivity index (χ4n) is 2.39. The fourth-order valence-corrected chi connectivity index (χ4v) is 4.18. The zero-order valence-corrected chi connectivity index (χ0v) is 13.2. The molecule has 2 heterocycles. The van der Waals surface area contributed by atoms with Gasteiger partial charge < -0.3 is 13.8 Å². The van der Waals surface area contributed by atoms with Gasteiger partial charge in [0.1, 0.15) is 17.5 Å². The van der Waals surface area contributed by atoms with Crippen LogP contribution in [0, 0.1) is 25.5 Å². The van der Waals surface area contributed by atoms with Crippen molar-refractivity contribution < 1.29 is 26.8 Å². The normalized spacial score (nSPS) is 18.5. The van der Waals surface area contributed by atoms with Crippen molar-refractivity contribution in [3.05, 3.63) is 41.3 Å². The van der Waals surface area contributed by atoms with Gasteiger partial charge in [-0.05, 0) is 19.1 Å².